The van der Waals surface area contributed by atoms with Gasteiger partial charge < -0.3 is 10.5 Å². The van der Waals surface area contributed by atoms with Gasteiger partial charge in [-0.3, -0.25) is 0 Å². The van der Waals surface area contributed by atoms with Crippen LogP contribution in [0.2, 0.25) is 0 Å². The van der Waals surface area contributed by atoms with Gasteiger partial charge in [0.25, 0.3) is 0 Å². The predicted molar refractivity (Wildman–Crippen MR) is 54.6 cm³/mol. The molecular weight excluding hydrogens is 234 g/mol. The first kappa shape index (κ1) is 10.1. The minimum Gasteiger partial charge on any atom is -0.465 e. The fourth-order valence-corrected chi connectivity index (χ4v) is 1.38. The predicted octanol–water partition coefficient (Wildman–Crippen LogP) is 2.13. The Labute approximate surface area is 85.0 Å². The number of benzene rings is 1. The van der Waals surface area contributed by atoms with Crippen molar-refractivity contribution in [3.63, 3.8) is 0 Å². The molecule has 0 saturated heterocycles. The summed E-state index contributed by atoms with van der Waals surface area (Å²) in [5, 5.41) is 0. The average molecular weight is 244 g/mol. The molecule has 2 N–H and O–H groups in total. The second-order valence-electron chi connectivity index (χ2n) is 2.63. The Morgan fingerprint density at radius 2 is 2.15 bits per heavy atom. The third-order valence-corrected chi connectivity index (χ3v) is 2.87. The summed E-state index contributed by atoms with van der Waals surface area (Å²) >= 11 is 3.29. The van der Waals surface area contributed by atoms with Crippen molar-refractivity contribution < 1.29 is 9.53 Å². The Balaban J connectivity index is 3.26. The van der Waals surface area contributed by atoms with E-state index in [2.05, 4.69) is 20.7 Å². The Kier molecular flexibility index (Phi) is 2.93. The normalized spacial score (nSPS) is 9.77. The van der Waals surface area contributed by atoms with Crippen molar-refractivity contribution in [2.45, 2.75) is 6.92 Å². The molecular formula is C9H10BrNO2. The Morgan fingerprint density at radius 1 is 1.54 bits per heavy atom. The highest BCUT2D eigenvalue weighted by molar-refractivity contribution is 9.10. The van der Waals surface area contributed by atoms with Crippen molar-refractivity contribution in [2.75, 3.05) is 12.8 Å². The molecule has 0 heterocycles. The van der Waals surface area contributed by atoms with Crippen LogP contribution in [0.3, 0.4) is 0 Å². The van der Waals surface area contributed by atoms with Gasteiger partial charge in [-0.05, 0) is 40.5 Å². The molecule has 0 saturated carbocycles. The van der Waals surface area contributed by atoms with Gasteiger partial charge in [0.2, 0.25) is 0 Å². The SMILES string of the molecule is COC(=O)c1ccc(N)c(Br)c1C. The second kappa shape index (κ2) is 3.79. The van der Waals surface area contributed by atoms with Crippen LogP contribution in [0.25, 0.3) is 0 Å². The van der Waals surface area contributed by atoms with Gasteiger partial charge in [-0.2, -0.15) is 0 Å². The number of carbonyl (C=O) groups excluding carboxylic acids is 1. The summed E-state index contributed by atoms with van der Waals surface area (Å²) in [5.41, 5.74) is 7.58. The van der Waals surface area contributed by atoms with E-state index in [0.717, 1.165) is 10.0 Å². The number of rotatable bonds is 1. The third-order valence-electron chi connectivity index (χ3n) is 1.82. The van der Waals surface area contributed by atoms with Crippen LogP contribution in [-0.2, 0) is 4.74 Å². The van der Waals surface area contributed by atoms with E-state index >= 15 is 0 Å². The summed E-state index contributed by atoms with van der Waals surface area (Å²) in [5.74, 6) is -0.349. The number of hydrogen-bond donors (Lipinski definition) is 1. The molecule has 0 aliphatic heterocycles. The van der Waals surface area contributed by atoms with E-state index in [1.54, 1.807) is 12.1 Å². The number of carbonyl (C=O) groups is 1. The summed E-state index contributed by atoms with van der Waals surface area (Å²) in [6.07, 6.45) is 0. The molecule has 0 fully saturated rings. The molecule has 0 spiro atoms. The minimum atomic E-state index is -0.349. The monoisotopic (exact) mass is 243 g/mol. The number of anilines is 1. The smallest absolute Gasteiger partial charge is 0.338 e. The van der Waals surface area contributed by atoms with Gasteiger partial charge in [0.05, 0.1) is 12.7 Å². The molecule has 1 aromatic carbocycles. The molecule has 1 aromatic rings. The molecule has 0 aliphatic carbocycles. The van der Waals surface area contributed by atoms with Gasteiger partial charge >= 0.3 is 5.97 Å². The average Bonchev–Trinajstić information content (AvgIpc) is 2.13. The van der Waals surface area contributed by atoms with Crippen LogP contribution >= 0.6 is 15.9 Å². The Hall–Kier alpha value is -1.03. The number of hydrogen-bond acceptors (Lipinski definition) is 3. The number of ether oxygens (including phenoxy) is 1. The van der Waals surface area contributed by atoms with Gasteiger partial charge in [0, 0.05) is 10.2 Å². The maximum absolute atomic E-state index is 11.2. The quantitative estimate of drug-likeness (QED) is 0.608. The van der Waals surface area contributed by atoms with E-state index in [0.29, 0.717) is 11.3 Å². The van der Waals surface area contributed by atoms with E-state index in [1.807, 2.05) is 6.92 Å². The first-order valence-electron chi connectivity index (χ1n) is 3.70. The van der Waals surface area contributed by atoms with E-state index in [-0.39, 0.29) is 5.97 Å². The van der Waals surface area contributed by atoms with Gasteiger partial charge in [0.1, 0.15) is 0 Å². The van der Waals surface area contributed by atoms with Crippen LogP contribution in [0.1, 0.15) is 15.9 Å². The van der Waals surface area contributed by atoms with Crippen LogP contribution in [0.15, 0.2) is 16.6 Å². The van der Waals surface area contributed by atoms with Crippen molar-refractivity contribution in [1.82, 2.24) is 0 Å². The van der Waals surface area contributed by atoms with Crippen molar-refractivity contribution in [1.29, 1.82) is 0 Å². The highest BCUT2D eigenvalue weighted by Gasteiger charge is 2.12. The first-order chi connectivity index (χ1) is 6.07. The van der Waals surface area contributed by atoms with Crippen molar-refractivity contribution in [3.05, 3.63) is 27.7 Å². The molecule has 0 amide bonds. The van der Waals surface area contributed by atoms with Crippen LogP contribution in [0.5, 0.6) is 0 Å². The fraction of sp³-hybridized carbons (Fsp3) is 0.222. The second-order valence-corrected chi connectivity index (χ2v) is 3.43. The molecule has 70 valence electrons. The topological polar surface area (TPSA) is 52.3 Å². The number of methoxy groups -OCH3 is 1. The van der Waals surface area contributed by atoms with Crippen molar-refractivity contribution in [3.8, 4) is 0 Å². The van der Waals surface area contributed by atoms with Crippen LogP contribution in [-0.4, -0.2) is 13.1 Å². The molecule has 0 unspecified atom stereocenters. The number of nitrogen functional groups attached to an aromatic ring is 1. The Morgan fingerprint density at radius 3 is 2.69 bits per heavy atom. The maximum atomic E-state index is 11.2. The van der Waals surface area contributed by atoms with Crippen LogP contribution in [0.4, 0.5) is 5.69 Å². The lowest BCUT2D eigenvalue weighted by atomic mass is 10.1. The highest BCUT2D eigenvalue weighted by atomic mass is 79.9. The van der Waals surface area contributed by atoms with Crippen LogP contribution in [0, 0.1) is 6.92 Å². The standard InChI is InChI=1S/C9H10BrNO2/c1-5-6(9(12)13-2)3-4-7(11)8(5)10/h3-4H,11H2,1-2H3. The number of halogens is 1. The lowest BCUT2D eigenvalue weighted by Gasteiger charge is -2.07. The fourth-order valence-electron chi connectivity index (χ4n) is 1.04. The molecule has 0 radical (unpaired) electrons. The third kappa shape index (κ3) is 1.83. The lowest BCUT2D eigenvalue weighted by Crippen LogP contribution is -2.05. The van der Waals surface area contributed by atoms with E-state index in [1.165, 1.54) is 7.11 Å². The summed E-state index contributed by atoms with van der Waals surface area (Å²) in [4.78, 5) is 11.2. The lowest BCUT2D eigenvalue weighted by molar-refractivity contribution is 0.0600. The maximum Gasteiger partial charge on any atom is 0.338 e. The zero-order valence-electron chi connectivity index (χ0n) is 7.43. The van der Waals surface area contributed by atoms with E-state index in [4.69, 9.17) is 5.73 Å². The minimum absolute atomic E-state index is 0.349. The summed E-state index contributed by atoms with van der Waals surface area (Å²) in [6, 6.07) is 3.32. The molecule has 0 atom stereocenters. The molecule has 0 aromatic heterocycles. The van der Waals surface area contributed by atoms with Crippen molar-refractivity contribution >= 4 is 27.6 Å². The Bertz CT molecular complexity index is 350. The summed E-state index contributed by atoms with van der Waals surface area (Å²) in [7, 11) is 1.35. The number of nitrogens with two attached hydrogens (primary N) is 1. The molecule has 3 nitrogen and oxygen atoms in total. The van der Waals surface area contributed by atoms with Gasteiger partial charge in [0.15, 0.2) is 0 Å². The van der Waals surface area contributed by atoms with Gasteiger partial charge in [-0.1, -0.05) is 0 Å². The zero-order chi connectivity index (χ0) is 10.0. The molecule has 0 aliphatic rings. The summed E-state index contributed by atoms with van der Waals surface area (Å²) in [6.45, 7) is 1.81. The molecule has 1 rings (SSSR count). The van der Waals surface area contributed by atoms with Gasteiger partial charge in [-0.15, -0.1) is 0 Å². The number of esters is 1. The molecule has 4 heteroatoms. The first-order valence-corrected chi connectivity index (χ1v) is 4.50. The van der Waals surface area contributed by atoms with Crippen molar-refractivity contribution in [2.24, 2.45) is 0 Å². The van der Waals surface area contributed by atoms with Gasteiger partial charge in [-0.25, -0.2) is 4.79 Å². The molecule has 13 heavy (non-hydrogen) atoms. The van der Waals surface area contributed by atoms with Crippen LogP contribution < -0.4 is 5.73 Å². The summed E-state index contributed by atoms with van der Waals surface area (Å²) < 4.78 is 5.36. The largest absolute Gasteiger partial charge is 0.465 e. The highest BCUT2D eigenvalue weighted by Crippen LogP contribution is 2.26. The van der Waals surface area contributed by atoms with E-state index in [9.17, 15) is 4.79 Å². The molecule has 0 bridgehead atoms. The van der Waals surface area contributed by atoms with E-state index < -0.39 is 0 Å². The zero-order valence-corrected chi connectivity index (χ0v) is 9.01.